The molecule has 2 unspecified atom stereocenters. The zero-order valence-electron chi connectivity index (χ0n) is 13.9. The highest BCUT2D eigenvalue weighted by atomic mass is 19.1. The smallest absolute Gasteiger partial charge is 0.187 e. The fraction of sp³-hybridized carbons (Fsp3) is 0.222. The van der Waals surface area contributed by atoms with Gasteiger partial charge in [-0.05, 0) is 24.3 Å². The molecule has 2 aliphatic carbocycles. The van der Waals surface area contributed by atoms with E-state index in [4.69, 9.17) is 32.4 Å². The lowest BCUT2D eigenvalue weighted by atomic mass is 10.0. The third-order valence-corrected chi connectivity index (χ3v) is 3.65. The van der Waals surface area contributed by atoms with E-state index in [1.54, 1.807) is 24.3 Å². The fourth-order valence-corrected chi connectivity index (χ4v) is 2.74. The maximum absolute atomic E-state index is 14.0. The number of benzene rings is 1. The Hall–Kier alpha value is -2.84. The molecule has 0 heterocycles. The second kappa shape index (κ2) is 6.47. The summed E-state index contributed by atoms with van der Waals surface area (Å²) in [6.07, 6.45) is 5.09. The minimum absolute atomic E-state index is 0.102. The Balaban J connectivity index is 1.77. The maximum Gasteiger partial charge on any atom is 0.187 e. The quantitative estimate of drug-likeness (QED) is 0.607. The Labute approximate surface area is 149 Å². The van der Waals surface area contributed by atoms with Gasteiger partial charge in [0.1, 0.15) is 23.0 Å². The first-order valence-electron chi connectivity index (χ1n) is 7.89. The highest BCUT2D eigenvalue weighted by Gasteiger charge is 2.28. The predicted molar refractivity (Wildman–Crippen MR) is 93.7 cm³/mol. The van der Waals surface area contributed by atoms with E-state index in [2.05, 4.69) is 0 Å². The molecule has 26 heavy (non-hydrogen) atoms. The lowest BCUT2D eigenvalue weighted by Crippen LogP contribution is -2.36. The van der Waals surface area contributed by atoms with Gasteiger partial charge >= 0.3 is 0 Å². The average molecular weight is 362 g/mol. The molecule has 0 fully saturated rings. The van der Waals surface area contributed by atoms with E-state index in [0.717, 1.165) is 12.2 Å². The number of nitrogens with two attached hydrogens (primary N) is 4. The predicted octanol–water partition coefficient (Wildman–Crippen LogP) is 1.95. The molecule has 0 aromatic heterocycles. The van der Waals surface area contributed by atoms with Crippen LogP contribution in [0.25, 0.3) is 0 Å². The van der Waals surface area contributed by atoms with Crippen LogP contribution in [-0.4, -0.2) is 11.6 Å². The lowest BCUT2D eigenvalue weighted by molar-refractivity contribution is 0.226. The summed E-state index contributed by atoms with van der Waals surface area (Å²) in [6.45, 7) is 0. The second-order valence-electron chi connectivity index (χ2n) is 6.42. The molecule has 8 N–H and O–H groups in total. The molecule has 0 saturated heterocycles. The number of halogens is 2. The van der Waals surface area contributed by atoms with Crippen LogP contribution >= 0.6 is 0 Å². The first kappa shape index (κ1) is 18.0. The highest BCUT2D eigenvalue weighted by Crippen LogP contribution is 2.29. The average Bonchev–Trinajstić information content (AvgIpc) is 2.42. The summed E-state index contributed by atoms with van der Waals surface area (Å²) in [4.78, 5) is 0. The standard InChI is InChI=1S/C18H20F2N4O2/c19-17(23)7-11(21)4-15(9-17)25-13-2-1-3-14(6-13)26-16-5-12(22)8-18(20,24)10-16/h1-6,9-10H,7-8,21-24H2. The molecule has 6 nitrogen and oxygen atoms in total. The van der Waals surface area contributed by atoms with E-state index in [1.807, 2.05) is 0 Å². The molecule has 0 saturated carbocycles. The molecule has 8 heteroatoms. The Kier molecular flexibility index (Phi) is 4.47. The third-order valence-electron chi connectivity index (χ3n) is 3.65. The van der Waals surface area contributed by atoms with Crippen molar-refractivity contribution in [1.29, 1.82) is 0 Å². The summed E-state index contributed by atoms with van der Waals surface area (Å²) in [6, 6.07) is 6.49. The number of alkyl halides is 2. The molecular weight excluding hydrogens is 342 g/mol. The van der Waals surface area contributed by atoms with Gasteiger partial charge in [0.2, 0.25) is 0 Å². The molecule has 1 aromatic rings. The molecule has 1 aromatic carbocycles. The molecular formula is C18H20F2N4O2. The summed E-state index contributed by atoms with van der Waals surface area (Å²) < 4.78 is 39.1. The Bertz CT molecular complexity index is 776. The van der Waals surface area contributed by atoms with Gasteiger partial charge in [0.15, 0.2) is 11.6 Å². The largest absolute Gasteiger partial charge is 0.457 e. The Morgan fingerprint density at radius 1 is 0.808 bits per heavy atom. The van der Waals surface area contributed by atoms with Crippen molar-refractivity contribution in [1.82, 2.24) is 0 Å². The number of allylic oxidation sites excluding steroid dienone is 2. The summed E-state index contributed by atoms with van der Waals surface area (Å²) >= 11 is 0. The van der Waals surface area contributed by atoms with Gasteiger partial charge < -0.3 is 20.9 Å². The third kappa shape index (κ3) is 4.62. The number of ether oxygens (including phenoxy) is 2. The highest BCUT2D eigenvalue weighted by molar-refractivity contribution is 5.39. The maximum atomic E-state index is 14.0. The van der Waals surface area contributed by atoms with Crippen molar-refractivity contribution in [3.8, 4) is 11.5 Å². The fourth-order valence-electron chi connectivity index (χ4n) is 2.74. The number of hydrogen-bond acceptors (Lipinski definition) is 6. The van der Waals surface area contributed by atoms with Crippen LogP contribution in [0.5, 0.6) is 11.5 Å². The summed E-state index contributed by atoms with van der Waals surface area (Å²) in [5.41, 5.74) is 22.8. The van der Waals surface area contributed by atoms with E-state index < -0.39 is 11.6 Å². The van der Waals surface area contributed by atoms with Crippen molar-refractivity contribution < 1.29 is 18.3 Å². The zero-order valence-corrected chi connectivity index (χ0v) is 13.9. The summed E-state index contributed by atoms with van der Waals surface area (Å²) in [5.74, 6) is -3.04. The molecule has 0 spiro atoms. The number of hydrogen-bond donors (Lipinski definition) is 4. The molecule has 0 radical (unpaired) electrons. The molecule has 2 aliphatic rings. The van der Waals surface area contributed by atoms with E-state index in [1.165, 1.54) is 12.2 Å². The molecule has 2 atom stereocenters. The van der Waals surface area contributed by atoms with Crippen molar-refractivity contribution in [3.05, 3.63) is 71.5 Å². The van der Waals surface area contributed by atoms with Crippen LogP contribution in [0.1, 0.15) is 12.8 Å². The molecule has 3 rings (SSSR count). The van der Waals surface area contributed by atoms with E-state index in [9.17, 15) is 8.78 Å². The van der Waals surface area contributed by atoms with Crippen LogP contribution in [0.2, 0.25) is 0 Å². The monoisotopic (exact) mass is 362 g/mol. The Morgan fingerprint density at radius 3 is 1.62 bits per heavy atom. The number of rotatable bonds is 4. The minimum atomic E-state index is -2.07. The van der Waals surface area contributed by atoms with Gasteiger partial charge in [-0.3, -0.25) is 11.5 Å². The molecule has 0 bridgehead atoms. The van der Waals surface area contributed by atoms with E-state index >= 15 is 0 Å². The summed E-state index contributed by atoms with van der Waals surface area (Å²) in [5, 5.41) is 0. The van der Waals surface area contributed by atoms with Gasteiger partial charge in [-0.15, -0.1) is 0 Å². The van der Waals surface area contributed by atoms with Crippen molar-refractivity contribution in [2.75, 3.05) is 0 Å². The molecule has 0 amide bonds. The molecule has 138 valence electrons. The van der Waals surface area contributed by atoms with E-state index in [-0.39, 0.29) is 35.8 Å². The van der Waals surface area contributed by atoms with Gasteiger partial charge in [0.05, 0.1) is 0 Å². The van der Waals surface area contributed by atoms with Crippen molar-refractivity contribution in [2.45, 2.75) is 24.4 Å². The molecule has 0 aliphatic heterocycles. The van der Waals surface area contributed by atoms with Gasteiger partial charge in [0, 0.05) is 42.5 Å². The van der Waals surface area contributed by atoms with Crippen molar-refractivity contribution >= 4 is 0 Å². The van der Waals surface area contributed by atoms with Gasteiger partial charge in [-0.2, -0.15) is 0 Å². The van der Waals surface area contributed by atoms with Crippen LogP contribution < -0.4 is 32.4 Å². The lowest BCUT2D eigenvalue weighted by Gasteiger charge is -2.23. The first-order chi connectivity index (χ1) is 12.1. The second-order valence-corrected chi connectivity index (χ2v) is 6.42. The van der Waals surface area contributed by atoms with Crippen molar-refractivity contribution in [2.24, 2.45) is 22.9 Å². The van der Waals surface area contributed by atoms with Gasteiger partial charge in [-0.1, -0.05) is 6.07 Å². The van der Waals surface area contributed by atoms with Crippen LogP contribution in [0.3, 0.4) is 0 Å². The van der Waals surface area contributed by atoms with Gasteiger partial charge in [0.25, 0.3) is 0 Å². The SMILES string of the molecule is NC1=CC(Oc2cccc(OC3=CC(N)(F)CC(N)=C3)c2)=CC(N)(F)C1. The Morgan fingerprint density at radius 2 is 1.23 bits per heavy atom. The van der Waals surface area contributed by atoms with Crippen LogP contribution in [0, 0.1) is 0 Å². The zero-order chi connectivity index (χ0) is 18.9. The van der Waals surface area contributed by atoms with Gasteiger partial charge in [-0.25, -0.2) is 8.78 Å². The topological polar surface area (TPSA) is 123 Å². The minimum Gasteiger partial charge on any atom is -0.457 e. The van der Waals surface area contributed by atoms with Crippen LogP contribution in [0.15, 0.2) is 71.5 Å². The normalized spacial score (nSPS) is 28.5. The van der Waals surface area contributed by atoms with Crippen LogP contribution in [0.4, 0.5) is 8.78 Å². The first-order valence-corrected chi connectivity index (χ1v) is 7.89. The van der Waals surface area contributed by atoms with E-state index in [0.29, 0.717) is 11.5 Å². The van der Waals surface area contributed by atoms with Crippen molar-refractivity contribution in [3.63, 3.8) is 0 Å². The van der Waals surface area contributed by atoms with Crippen LogP contribution in [-0.2, 0) is 0 Å². The summed E-state index contributed by atoms with van der Waals surface area (Å²) in [7, 11) is 0.